The van der Waals surface area contributed by atoms with Crippen molar-refractivity contribution in [2.75, 3.05) is 32.0 Å². The Labute approximate surface area is 241 Å². The highest BCUT2D eigenvalue weighted by molar-refractivity contribution is 5.96. The van der Waals surface area contributed by atoms with Gasteiger partial charge in [-0.05, 0) is 48.0 Å². The van der Waals surface area contributed by atoms with E-state index >= 15 is 0 Å². The van der Waals surface area contributed by atoms with Crippen LogP contribution >= 0.6 is 0 Å². The topological polar surface area (TPSA) is 112 Å². The zero-order valence-corrected chi connectivity index (χ0v) is 23.3. The SMILES string of the molecule is COc1cc(NC(=O)Cc2cn(-c3ccc(Nc4ccc5ncccc5c4)nn3)c3ccccc23)cc(OC)c1OC. The lowest BCUT2D eigenvalue weighted by Gasteiger charge is -2.14. The average molecular weight is 561 g/mol. The first kappa shape index (κ1) is 26.6. The third-order valence-corrected chi connectivity index (χ3v) is 6.87. The minimum Gasteiger partial charge on any atom is -0.493 e. The quantitative estimate of drug-likeness (QED) is 0.224. The number of rotatable bonds is 9. The molecule has 6 rings (SSSR count). The summed E-state index contributed by atoms with van der Waals surface area (Å²) >= 11 is 0. The van der Waals surface area contributed by atoms with Gasteiger partial charge in [0, 0.05) is 46.7 Å². The minimum absolute atomic E-state index is 0.147. The molecular formula is C32H28N6O4. The third kappa shape index (κ3) is 5.25. The van der Waals surface area contributed by atoms with Crippen molar-refractivity contribution >= 4 is 44.9 Å². The fourth-order valence-electron chi connectivity index (χ4n) is 4.93. The molecule has 0 aliphatic carbocycles. The number of para-hydroxylation sites is 1. The highest BCUT2D eigenvalue weighted by Crippen LogP contribution is 2.40. The number of fused-ring (bicyclic) bond motifs is 2. The molecule has 1 amide bonds. The molecule has 10 heteroatoms. The predicted octanol–water partition coefficient (Wildman–Crippen LogP) is 5.92. The molecule has 0 aliphatic heterocycles. The normalized spacial score (nSPS) is 10.9. The van der Waals surface area contributed by atoms with Gasteiger partial charge < -0.3 is 24.8 Å². The Hall–Kier alpha value is -5.64. The van der Waals surface area contributed by atoms with E-state index in [0.717, 1.165) is 33.1 Å². The molecule has 3 heterocycles. The number of amides is 1. The first-order valence-corrected chi connectivity index (χ1v) is 13.2. The Kier molecular flexibility index (Phi) is 7.25. The molecule has 2 N–H and O–H groups in total. The Morgan fingerprint density at radius 3 is 2.38 bits per heavy atom. The summed E-state index contributed by atoms with van der Waals surface area (Å²) in [6, 6.07) is 24.9. The number of hydrogen-bond acceptors (Lipinski definition) is 8. The van der Waals surface area contributed by atoms with Gasteiger partial charge >= 0.3 is 0 Å². The van der Waals surface area contributed by atoms with Crippen LogP contribution in [0.4, 0.5) is 17.2 Å². The molecule has 3 aromatic carbocycles. The number of anilines is 3. The number of hydrogen-bond donors (Lipinski definition) is 2. The van der Waals surface area contributed by atoms with E-state index in [9.17, 15) is 4.79 Å². The van der Waals surface area contributed by atoms with Crippen LogP contribution in [0.15, 0.2) is 91.3 Å². The monoisotopic (exact) mass is 560 g/mol. The van der Waals surface area contributed by atoms with Gasteiger partial charge in [0.25, 0.3) is 0 Å². The van der Waals surface area contributed by atoms with E-state index in [2.05, 4.69) is 25.8 Å². The molecule has 0 spiro atoms. The van der Waals surface area contributed by atoms with Crippen molar-refractivity contribution in [2.24, 2.45) is 0 Å². The molecule has 0 radical (unpaired) electrons. The van der Waals surface area contributed by atoms with E-state index < -0.39 is 0 Å². The number of aromatic nitrogens is 4. The van der Waals surface area contributed by atoms with Crippen molar-refractivity contribution in [3.8, 4) is 23.1 Å². The molecule has 3 aromatic heterocycles. The number of ether oxygens (including phenoxy) is 3. The van der Waals surface area contributed by atoms with Crippen LogP contribution in [-0.4, -0.2) is 47.0 Å². The second-order valence-electron chi connectivity index (χ2n) is 9.49. The summed E-state index contributed by atoms with van der Waals surface area (Å²) in [7, 11) is 4.60. The lowest BCUT2D eigenvalue weighted by atomic mass is 10.1. The molecule has 210 valence electrons. The number of carbonyl (C=O) groups excluding carboxylic acids is 1. The highest BCUT2D eigenvalue weighted by atomic mass is 16.5. The number of nitrogens with one attached hydrogen (secondary N) is 2. The van der Waals surface area contributed by atoms with Crippen molar-refractivity contribution < 1.29 is 19.0 Å². The van der Waals surface area contributed by atoms with Crippen molar-refractivity contribution in [3.63, 3.8) is 0 Å². The molecule has 0 bridgehead atoms. The fourth-order valence-corrected chi connectivity index (χ4v) is 4.93. The smallest absolute Gasteiger partial charge is 0.228 e. The van der Waals surface area contributed by atoms with E-state index in [1.54, 1.807) is 18.3 Å². The van der Waals surface area contributed by atoms with Crippen LogP contribution in [0.5, 0.6) is 17.2 Å². The number of methoxy groups -OCH3 is 3. The van der Waals surface area contributed by atoms with Crippen LogP contribution in [0.3, 0.4) is 0 Å². The summed E-state index contributed by atoms with van der Waals surface area (Å²) in [5, 5.41) is 17.1. The first-order valence-electron chi connectivity index (χ1n) is 13.2. The Bertz CT molecular complexity index is 1880. The molecule has 42 heavy (non-hydrogen) atoms. The lowest BCUT2D eigenvalue weighted by molar-refractivity contribution is -0.115. The molecule has 6 aromatic rings. The van der Waals surface area contributed by atoms with Crippen LogP contribution in [0.2, 0.25) is 0 Å². The standard InChI is InChI=1S/C32H28N6O4/c1-40-27-17-23(18-28(41-2)32(27)42-3)35-31(39)16-21-19-38(26-9-5-4-8-24(21)26)30-13-12-29(36-37-30)34-22-10-11-25-20(15-22)7-6-14-33-25/h4-15,17-19H,16H2,1-3H3,(H,34,36)(H,35,39). The van der Waals surface area contributed by atoms with E-state index in [0.29, 0.717) is 34.6 Å². The molecule has 0 saturated carbocycles. The van der Waals surface area contributed by atoms with Crippen molar-refractivity contribution in [3.05, 3.63) is 96.8 Å². The lowest BCUT2D eigenvalue weighted by Crippen LogP contribution is -2.14. The van der Waals surface area contributed by atoms with Gasteiger partial charge in [0.1, 0.15) is 0 Å². The number of nitrogens with zero attached hydrogens (tertiary/aromatic N) is 4. The van der Waals surface area contributed by atoms with Gasteiger partial charge in [0.05, 0.1) is 38.8 Å². The maximum absolute atomic E-state index is 13.2. The van der Waals surface area contributed by atoms with E-state index in [1.165, 1.54) is 21.3 Å². The third-order valence-electron chi connectivity index (χ3n) is 6.87. The van der Waals surface area contributed by atoms with Crippen LogP contribution in [-0.2, 0) is 11.2 Å². The van der Waals surface area contributed by atoms with Gasteiger partial charge in [-0.25, -0.2) is 0 Å². The predicted molar refractivity (Wildman–Crippen MR) is 162 cm³/mol. The van der Waals surface area contributed by atoms with Crippen LogP contribution in [0, 0.1) is 0 Å². The zero-order valence-electron chi connectivity index (χ0n) is 23.3. The van der Waals surface area contributed by atoms with Gasteiger partial charge in [-0.3, -0.25) is 14.3 Å². The summed E-state index contributed by atoms with van der Waals surface area (Å²) in [6.07, 6.45) is 3.85. The van der Waals surface area contributed by atoms with E-state index in [1.807, 2.05) is 77.5 Å². The van der Waals surface area contributed by atoms with E-state index in [4.69, 9.17) is 14.2 Å². The van der Waals surface area contributed by atoms with Gasteiger partial charge in [-0.15, -0.1) is 10.2 Å². The van der Waals surface area contributed by atoms with Gasteiger partial charge in [-0.2, -0.15) is 0 Å². The first-order chi connectivity index (χ1) is 20.6. The molecule has 10 nitrogen and oxygen atoms in total. The second kappa shape index (κ2) is 11.5. The molecular weight excluding hydrogens is 532 g/mol. The number of benzene rings is 3. The summed E-state index contributed by atoms with van der Waals surface area (Å²) in [4.78, 5) is 17.5. The molecule has 0 aliphatic rings. The van der Waals surface area contributed by atoms with Crippen LogP contribution in [0.25, 0.3) is 27.6 Å². The Morgan fingerprint density at radius 1 is 0.833 bits per heavy atom. The van der Waals surface area contributed by atoms with Crippen molar-refractivity contribution in [1.29, 1.82) is 0 Å². The average Bonchev–Trinajstić information content (AvgIpc) is 3.38. The molecule has 0 fully saturated rings. The Balaban J connectivity index is 1.23. The fraction of sp³-hybridized carbons (Fsp3) is 0.125. The number of pyridine rings is 1. The highest BCUT2D eigenvalue weighted by Gasteiger charge is 2.17. The van der Waals surface area contributed by atoms with Gasteiger partial charge in [0.2, 0.25) is 11.7 Å². The Morgan fingerprint density at radius 2 is 1.64 bits per heavy atom. The maximum atomic E-state index is 13.2. The van der Waals surface area contributed by atoms with Gasteiger partial charge in [0.15, 0.2) is 23.1 Å². The molecule has 0 saturated heterocycles. The van der Waals surface area contributed by atoms with Crippen LogP contribution in [0.1, 0.15) is 5.56 Å². The van der Waals surface area contributed by atoms with Crippen molar-refractivity contribution in [2.45, 2.75) is 6.42 Å². The second-order valence-corrected chi connectivity index (χ2v) is 9.49. The summed E-state index contributed by atoms with van der Waals surface area (Å²) in [5.41, 5.74) is 4.13. The maximum Gasteiger partial charge on any atom is 0.228 e. The largest absolute Gasteiger partial charge is 0.493 e. The van der Waals surface area contributed by atoms with Crippen molar-refractivity contribution in [1.82, 2.24) is 19.7 Å². The zero-order chi connectivity index (χ0) is 29.1. The summed E-state index contributed by atoms with van der Waals surface area (Å²) in [6.45, 7) is 0. The molecule has 0 unspecified atom stereocenters. The minimum atomic E-state index is -0.191. The number of carbonyl (C=O) groups is 1. The van der Waals surface area contributed by atoms with Crippen LogP contribution < -0.4 is 24.8 Å². The van der Waals surface area contributed by atoms with E-state index in [-0.39, 0.29) is 12.3 Å². The summed E-state index contributed by atoms with van der Waals surface area (Å²) in [5.74, 6) is 2.43. The summed E-state index contributed by atoms with van der Waals surface area (Å²) < 4.78 is 18.1. The molecule has 0 atom stereocenters. The van der Waals surface area contributed by atoms with Gasteiger partial charge in [-0.1, -0.05) is 24.3 Å².